The Bertz CT molecular complexity index is 745. The number of nitrogens with zero attached hydrogens (tertiary/aromatic N) is 1. The number of halogens is 1. The summed E-state index contributed by atoms with van der Waals surface area (Å²) in [6.45, 7) is 7.63. The van der Waals surface area contributed by atoms with Crippen LogP contribution in [0.1, 0.15) is 54.7 Å². The molecular weight excluding hydrogens is 368 g/mol. The minimum absolute atomic E-state index is 0. The summed E-state index contributed by atoms with van der Waals surface area (Å²) >= 11 is 0. The van der Waals surface area contributed by atoms with Gasteiger partial charge in [0.2, 0.25) is 5.91 Å². The van der Waals surface area contributed by atoms with Crippen LogP contribution in [0.3, 0.4) is 0 Å². The van der Waals surface area contributed by atoms with Crippen LogP contribution < -0.4 is 21.9 Å². The molecule has 7 nitrogen and oxygen atoms in total. The normalized spacial score (nSPS) is 18.9. The van der Waals surface area contributed by atoms with E-state index in [0.717, 1.165) is 19.3 Å². The minimum Gasteiger partial charge on any atom is -0.352 e. The predicted molar refractivity (Wildman–Crippen MR) is 108 cm³/mol. The molecule has 1 heterocycles. The molecule has 0 aliphatic heterocycles. The van der Waals surface area contributed by atoms with Crippen LogP contribution in [0.5, 0.6) is 0 Å². The Morgan fingerprint density at radius 1 is 1.30 bits per heavy atom. The van der Waals surface area contributed by atoms with Gasteiger partial charge in [-0.15, -0.1) is 12.4 Å². The summed E-state index contributed by atoms with van der Waals surface area (Å²) in [6, 6.07) is 1.47. The average Bonchev–Trinajstić information content (AvgIpc) is 2.97. The fourth-order valence-corrected chi connectivity index (χ4v) is 3.72. The summed E-state index contributed by atoms with van der Waals surface area (Å²) in [4.78, 5) is 37.3. The van der Waals surface area contributed by atoms with Crippen molar-refractivity contribution in [1.82, 2.24) is 15.2 Å². The van der Waals surface area contributed by atoms with Crippen LogP contribution in [-0.2, 0) is 11.3 Å². The number of nitrogens with one attached hydrogen (secondary N) is 2. The molecule has 1 aromatic rings. The number of aryl methyl sites for hydroxylation is 1. The van der Waals surface area contributed by atoms with E-state index >= 15 is 0 Å². The molecule has 0 spiro atoms. The molecule has 1 aliphatic carbocycles. The molecule has 2 unspecified atom stereocenters. The first-order valence-electron chi connectivity index (χ1n) is 9.26. The van der Waals surface area contributed by atoms with Crippen molar-refractivity contribution in [3.8, 4) is 0 Å². The van der Waals surface area contributed by atoms with Gasteiger partial charge in [0.1, 0.15) is 6.54 Å². The third-order valence-electron chi connectivity index (χ3n) is 5.02. The van der Waals surface area contributed by atoms with Crippen LogP contribution in [-0.4, -0.2) is 35.0 Å². The van der Waals surface area contributed by atoms with Gasteiger partial charge in [-0.1, -0.05) is 6.42 Å². The third-order valence-corrected chi connectivity index (χ3v) is 5.02. The number of rotatable bonds is 6. The van der Waals surface area contributed by atoms with E-state index in [0.29, 0.717) is 29.3 Å². The largest absolute Gasteiger partial charge is 0.352 e. The van der Waals surface area contributed by atoms with Crippen LogP contribution in [0.15, 0.2) is 10.9 Å². The van der Waals surface area contributed by atoms with E-state index in [1.165, 1.54) is 10.6 Å². The third kappa shape index (κ3) is 5.56. The molecule has 0 bridgehead atoms. The zero-order valence-electron chi connectivity index (χ0n) is 16.5. The molecule has 2 rings (SSSR count). The van der Waals surface area contributed by atoms with E-state index in [1.54, 1.807) is 13.8 Å². The average molecular weight is 399 g/mol. The lowest BCUT2D eigenvalue weighted by Gasteiger charge is -2.22. The molecule has 2 atom stereocenters. The summed E-state index contributed by atoms with van der Waals surface area (Å²) in [6.07, 6.45) is 3.00. The van der Waals surface area contributed by atoms with Gasteiger partial charge in [0.05, 0.1) is 5.56 Å². The van der Waals surface area contributed by atoms with E-state index in [4.69, 9.17) is 5.73 Å². The summed E-state index contributed by atoms with van der Waals surface area (Å²) in [5, 5.41) is 5.84. The molecular formula is C19H31ClN4O3. The van der Waals surface area contributed by atoms with Gasteiger partial charge in [-0.3, -0.25) is 14.4 Å². The molecule has 2 amide bonds. The predicted octanol–water partition coefficient (Wildman–Crippen LogP) is 1.27. The van der Waals surface area contributed by atoms with Gasteiger partial charge >= 0.3 is 0 Å². The molecule has 0 aromatic carbocycles. The van der Waals surface area contributed by atoms with Crippen molar-refractivity contribution in [3.05, 3.63) is 33.2 Å². The number of amides is 2. The standard InChI is InChI=1S/C19H30N4O3.ClH/c1-11(2)21-16(24)10-23-13(4)18(12(3)8-17(23)25)19(26)22-15-7-5-6-14(15)9-20;/h8,11,14-15H,5-7,9-10,20H2,1-4H3,(H,21,24)(H,22,26);1H. The van der Waals surface area contributed by atoms with E-state index in [2.05, 4.69) is 10.6 Å². The Kier molecular flexibility index (Phi) is 8.50. The number of aromatic nitrogens is 1. The van der Waals surface area contributed by atoms with Crippen molar-refractivity contribution in [2.45, 2.75) is 65.6 Å². The number of carbonyl (C=O) groups excluding carboxylic acids is 2. The van der Waals surface area contributed by atoms with Crippen LogP contribution in [0.2, 0.25) is 0 Å². The minimum atomic E-state index is -0.281. The zero-order valence-corrected chi connectivity index (χ0v) is 17.3. The number of hydrogen-bond donors (Lipinski definition) is 3. The first-order chi connectivity index (χ1) is 12.2. The fraction of sp³-hybridized carbons (Fsp3) is 0.632. The SMILES string of the molecule is Cc1cc(=O)n(CC(=O)NC(C)C)c(C)c1C(=O)NC1CCCC1CN.Cl. The Hall–Kier alpha value is -1.86. The van der Waals surface area contributed by atoms with Crippen LogP contribution in [0, 0.1) is 19.8 Å². The fourth-order valence-electron chi connectivity index (χ4n) is 3.72. The molecule has 27 heavy (non-hydrogen) atoms. The molecule has 1 fully saturated rings. The first-order valence-corrected chi connectivity index (χ1v) is 9.26. The summed E-state index contributed by atoms with van der Waals surface area (Å²) in [7, 11) is 0. The number of hydrogen-bond acceptors (Lipinski definition) is 4. The molecule has 1 aliphatic rings. The van der Waals surface area contributed by atoms with E-state index < -0.39 is 0 Å². The maximum atomic E-state index is 12.9. The highest BCUT2D eigenvalue weighted by Gasteiger charge is 2.29. The Morgan fingerprint density at radius 2 is 1.96 bits per heavy atom. The van der Waals surface area contributed by atoms with Gasteiger partial charge < -0.3 is 20.9 Å². The van der Waals surface area contributed by atoms with Gasteiger partial charge in [-0.25, -0.2) is 0 Å². The van der Waals surface area contributed by atoms with Crippen molar-refractivity contribution in [3.63, 3.8) is 0 Å². The molecule has 0 radical (unpaired) electrons. The highest BCUT2D eigenvalue weighted by Crippen LogP contribution is 2.25. The Labute approximate surface area is 166 Å². The molecule has 4 N–H and O–H groups in total. The van der Waals surface area contributed by atoms with Crippen LogP contribution >= 0.6 is 12.4 Å². The highest BCUT2D eigenvalue weighted by molar-refractivity contribution is 5.97. The van der Waals surface area contributed by atoms with Gasteiger partial charge in [-0.05, 0) is 58.6 Å². The molecule has 0 saturated heterocycles. The van der Waals surface area contributed by atoms with E-state index in [1.807, 2.05) is 13.8 Å². The molecule has 1 saturated carbocycles. The van der Waals surface area contributed by atoms with E-state index in [-0.39, 0.29) is 48.4 Å². The van der Waals surface area contributed by atoms with Crippen LogP contribution in [0.25, 0.3) is 0 Å². The zero-order chi connectivity index (χ0) is 19.4. The smallest absolute Gasteiger partial charge is 0.253 e. The highest BCUT2D eigenvalue weighted by atomic mass is 35.5. The maximum absolute atomic E-state index is 12.9. The van der Waals surface area contributed by atoms with Gasteiger partial charge in [0.25, 0.3) is 11.5 Å². The first kappa shape index (κ1) is 23.2. The second-order valence-electron chi connectivity index (χ2n) is 7.44. The topological polar surface area (TPSA) is 106 Å². The maximum Gasteiger partial charge on any atom is 0.253 e. The van der Waals surface area contributed by atoms with Crippen molar-refractivity contribution in [2.75, 3.05) is 6.54 Å². The Morgan fingerprint density at radius 3 is 2.56 bits per heavy atom. The number of nitrogens with two attached hydrogens (primary N) is 1. The summed E-state index contributed by atoms with van der Waals surface area (Å²) < 4.78 is 1.36. The monoisotopic (exact) mass is 398 g/mol. The van der Waals surface area contributed by atoms with Crippen molar-refractivity contribution >= 4 is 24.2 Å². The lowest BCUT2D eigenvalue weighted by molar-refractivity contribution is -0.122. The van der Waals surface area contributed by atoms with Gasteiger partial charge in [0, 0.05) is 23.8 Å². The van der Waals surface area contributed by atoms with Crippen molar-refractivity contribution in [1.29, 1.82) is 0 Å². The second kappa shape index (κ2) is 9.90. The summed E-state index contributed by atoms with van der Waals surface area (Å²) in [5.41, 5.74) is 7.10. The molecule has 152 valence electrons. The van der Waals surface area contributed by atoms with Gasteiger partial charge in [-0.2, -0.15) is 0 Å². The lowest BCUT2D eigenvalue weighted by Crippen LogP contribution is -2.42. The second-order valence-corrected chi connectivity index (χ2v) is 7.44. The molecule has 8 heteroatoms. The van der Waals surface area contributed by atoms with Crippen LogP contribution in [0.4, 0.5) is 0 Å². The lowest BCUT2D eigenvalue weighted by atomic mass is 10.0. The van der Waals surface area contributed by atoms with Crippen molar-refractivity contribution in [2.24, 2.45) is 11.7 Å². The quantitative estimate of drug-likeness (QED) is 0.670. The molecule has 1 aromatic heterocycles. The number of carbonyl (C=O) groups is 2. The number of pyridine rings is 1. The van der Waals surface area contributed by atoms with Crippen molar-refractivity contribution < 1.29 is 9.59 Å². The van der Waals surface area contributed by atoms with Gasteiger partial charge in [0.15, 0.2) is 0 Å². The Balaban J connectivity index is 0.00000364. The van der Waals surface area contributed by atoms with E-state index in [9.17, 15) is 14.4 Å². The summed E-state index contributed by atoms with van der Waals surface area (Å²) in [5.74, 6) is -0.162.